The number of aromatic nitrogens is 2. The Labute approximate surface area is 241 Å². The number of aryl methyl sites for hydroxylation is 1. The summed E-state index contributed by atoms with van der Waals surface area (Å²) in [6, 6.07) is 14.3. The molecule has 2 aliphatic rings. The number of urea groups is 1. The highest BCUT2D eigenvalue weighted by Crippen LogP contribution is 2.46. The summed E-state index contributed by atoms with van der Waals surface area (Å²) < 4.78 is 5.86. The van der Waals surface area contributed by atoms with E-state index in [0.29, 0.717) is 62.3 Å². The number of pyridine rings is 2. The molecule has 10 nitrogen and oxygen atoms in total. The number of carbonyl (C=O) groups excluding carboxylic acids is 3. The lowest BCUT2D eigenvalue weighted by atomic mass is 9.90. The molecule has 1 fully saturated rings. The predicted octanol–water partition coefficient (Wildman–Crippen LogP) is 6.04. The van der Waals surface area contributed by atoms with Gasteiger partial charge in [-0.3, -0.25) is 14.5 Å². The molecule has 0 unspecified atom stereocenters. The third kappa shape index (κ3) is 5.32. The standard InChI is InChI=1S/C30H30N6O4S/c1-3-23(37)33-18-8-7-9-19(16-18)34-28(38)27-26-25-22(14-15-31-29(25)41-27)36(30(39)35-26)21-12-13-24(32-17(21)2)40-20-10-5-4-6-11-20/h4-6,10-15,18-19H,3,7-9,16H2,1-2H3,(H,33,37)(H,34,38)(H,35,39)/t18-,19+/m1/s1. The average molecular weight is 571 g/mol. The third-order valence-electron chi connectivity index (χ3n) is 7.39. The maximum atomic E-state index is 13.5. The number of anilines is 3. The number of nitrogens with zero attached hydrogens (tertiary/aromatic N) is 3. The van der Waals surface area contributed by atoms with Crippen molar-refractivity contribution in [2.75, 3.05) is 10.2 Å². The first kappa shape index (κ1) is 26.7. The summed E-state index contributed by atoms with van der Waals surface area (Å²) in [7, 11) is 0. The van der Waals surface area contributed by atoms with E-state index in [-0.39, 0.29) is 29.9 Å². The number of ether oxygens (including phenoxy) is 1. The number of hydrogen-bond donors (Lipinski definition) is 3. The van der Waals surface area contributed by atoms with Crippen molar-refractivity contribution < 1.29 is 19.1 Å². The Kier molecular flexibility index (Phi) is 7.27. The molecule has 3 aromatic heterocycles. The number of nitrogens with one attached hydrogen (secondary N) is 3. The Balaban J connectivity index is 1.26. The number of hydrogen-bond acceptors (Lipinski definition) is 7. The van der Waals surface area contributed by atoms with Crippen molar-refractivity contribution in [3.63, 3.8) is 0 Å². The summed E-state index contributed by atoms with van der Waals surface area (Å²) in [5.41, 5.74) is 2.30. The predicted molar refractivity (Wildman–Crippen MR) is 158 cm³/mol. The molecule has 41 heavy (non-hydrogen) atoms. The zero-order valence-corrected chi connectivity index (χ0v) is 23.6. The van der Waals surface area contributed by atoms with Gasteiger partial charge in [0.15, 0.2) is 0 Å². The van der Waals surface area contributed by atoms with Crippen molar-refractivity contribution in [2.24, 2.45) is 0 Å². The molecule has 0 saturated heterocycles. The van der Waals surface area contributed by atoms with Crippen molar-refractivity contribution in [2.45, 2.75) is 58.0 Å². The largest absolute Gasteiger partial charge is 0.439 e. The minimum Gasteiger partial charge on any atom is -0.439 e. The van der Waals surface area contributed by atoms with E-state index < -0.39 is 0 Å². The van der Waals surface area contributed by atoms with E-state index in [1.165, 1.54) is 11.3 Å². The number of para-hydroxylation sites is 1. The third-order valence-corrected chi connectivity index (χ3v) is 8.48. The van der Waals surface area contributed by atoms with Gasteiger partial charge < -0.3 is 20.7 Å². The van der Waals surface area contributed by atoms with Gasteiger partial charge in [-0.05, 0) is 56.9 Å². The van der Waals surface area contributed by atoms with Gasteiger partial charge in [0.25, 0.3) is 5.91 Å². The lowest BCUT2D eigenvalue weighted by Crippen LogP contribution is -2.45. The average Bonchev–Trinajstić information content (AvgIpc) is 3.34. The maximum absolute atomic E-state index is 13.5. The van der Waals surface area contributed by atoms with Gasteiger partial charge >= 0.3 is 6.03 Å². The van der Waals surface area contributed by atoms with Crippen LogP contribution in [0.5, 0.6) is 11.6 Å². The van der Waals surface area contributed by atoms with Crippen LogP contribution in [-0.2, 0) is 4.79 Å². The van der Waals surface area contributed by atoms with E-state index in [2.05, 4.69) is 25.9 Å². The summed E-state index contributed by atoms with van der Waals surface area (Å²) in [5.74, 6) is 0.854. The SMILES string of the molecule is CCC(=O)N[C@@H]1CCC[C@H](NC(=O)c2sc3nccc4c3c2NC(=O)N4c2ccc(Oc3ccccc3)nc2C)C1. The number of benzene rings is 1. The first-order valence-electron chi connectivity index (χ1n) is 13.7. The molecule has 4 amide bonds. The lowest BCUT2D eigenvalue weighted by molar-refractivity contribution is -0.121. The van der Waals surface area contributed by atoms with Crippen LogP contribution in [0.15, 0.2) is 54.7 Å². The van der Waals surface area contributed by atoms with Crippen LogP contribution in [0.3, 0.4) is 0 Å². The Hall–Kier alpha value is -4.51. The van der Waals surface area contributed by atoms with E-state index in [4.69, 9.17) is 4.74 Å². The summed E-state index contributed by atoms with van der Waals surface area (Å²) in [4.78, 5) is 50.6. The molecule has 0 bridgehead atoms. The fourth-order valence-corrected chi connectivity index (χ4v) is 6.47. The van der Waals surface area contributed by atoms with Crippen LogP contribution in [0, 0.1) is 6.92 Å². The summed E-state index contributed by atoms with van der Waals surface area (Å²) in [5, 5.41) is 9.83. The van der Waals surface area contributed by atoms with Crippen LogP contribution in [0.2, 0.25) is 0 Å². The molecule has 2 atom stereocenters. The van der Waals surface area contributed by atoms with Gasteiger partial charge in [-0.1, -0.05) is 25.1 Å². The van der Waals surface area contributed by atoms with Crippen LogP contribution in [-0.4, -0.2) is 39.9 Å². The Morgan fingerprint density at radius 2 is 1.85 bits per heavy atom. The highest BCUT2D eigenvalue weighted by molar-refractivity contribution is 7.21. The van der Waals surface area contributed by atoms with Gasteiger partial charge in [-0.2, -0.15) is 0 Å². The Morgan fingerprint density at radius 1 is 1.07 bits per heavy atom. The first-order valence-corrected chi connectivity index (χ1v) is 14.6. The molecular weight excluding hydrogens is 540 g/mol. The van der Waals surface area contributed by atoms with Crippen LogP contribution in [0.25, 0.3) is 10.2 Å². The fourth-order valence-electron chi connectivity index (χ4n) is 5.45. The van der Waals surface area contributed by atoms with Crippen molar-refractivity contribution in [3.8, 4) is 11.6 Å². The molecular formula is C30H30N6O4S. The second kappa shape index (κ2) is 11.2. The smallest absolute Gasteiger partial charge is 0.331 e. The summed E-state index contributed by atoms with van der Waals surface area (Å²) in [6.45, 7) is 3.65. The van der Waals surface area contributed by atoms with Crippen molar-refractivity contribution in [1.82, 2.24) is 20.6 Å². The zero-order valence-electron chi connectivity index (χ0n) is 22.8. The minimum absolute atomic E-state index is 0.0191. The molecule has 1 aromatic carbocycles. The topological polar surface area (TPSA) is 126 Å². The van der Waals surface area contributed by atoms with E-state index in [1.807, 2.05) is 44.2 Å². The first-order chi connectivity index (χ1) is 19.9. The molecule has 1 saturated carbocycles. The van der Waals surface area contributed by atoms with Gasteiger partial charge in [-0.15, -0.1) is 11.3 Å². The van der Waals surface area contributed by atoms with Gasteiger partial charge in [0.1, 0.15) is 15.5 Å². The maximum Gasteiger partial charge on any atom is 0.331 e. The van der Waals surface area contributed by atoms with Crippen LogP contribution in [0.1, 0.15) is 54.4 Å². The lowest BCUT2D eigenvalue weighted by Gasteiger charge is -2.31. The van der Waals surface area contributed by atoms with Crippen LogP contribution >= 0.6 is 11.3 Å². The van der Waals surface area contributed by atoms with Crippen molar-refractivity contribution >= 4 is 56.5 Å². The molecule has 6 rings (SSSR count). The number of amides is 4. The number of carbonyl (C=O) groups is 3. The summed E-state index contributed by atoms with van der Waals surface area (Å²) in [6.07, 6.45) is 5.41. The fraction of sp³-hybridized carbons (Fsp3) is 0.300. The minimum atomic E-state index is -0.390. The quantitative estimate of drug-likeness (QED) is 0.249. The molecule has 1 aliphatic carbocycles. The van der Waals surface area contributed by atoms with Gasteiger partial charge in [0, 0.05) is 30.8 Å². The molecule has 0 spiro atoms. The number of thiophene rings is 1. The monoisotopic (exact) mass is 570 g/mol. The van der Waals surface area contributed by atoms with Crippen molar-refractivity contribution in [3.05, 3.63) is 65.3 Å². The summed E-state index contributed by atoms with van der Waals surface area (Å²) >= 11 is 1.25. The molecule has 1 aliphatic heterocycles. The molecule has 11 heteroatoms. The van der Waals surface area contributed by atoms with E-state index in [0.717, 1.165) is 19.3 Å². The molecule has 3 N–H and O–H groups in total. The van der Waals surface area contributed by atoms with Gasteiger partial charge in [0.2, 0.25) is 11.8 Å². The zero-order chi connectivity index (χ0) is 28.5. The molecule has 4 aromatic rings. The molecule has 0 radical (unpaired) electrons. The van der Waals surface area contributed by atoms with Gasteiger partial charge in [-0.25, -0.2) is 14.8 Å². The highest BCUT2D eigenvalue weighted by atomic mass is 32.1. The normalized spacial score (nSPS) is 18.1. The van der Waals surface area contributed by atoms with E-state index in [1.54, 1.807) is 29.3 Å². The van der Waals surface area contributed by atoms with Gasteiger partial charge in [0.05, 0.1) is 28.1 Å². The van der Waals surface area contributed by atoms with Crippen molar-refractivity contribution in [1.29, 1.82) is 0 Å². The van der Waals surface area contributed by atoms with E-state index in [9.17, 15) is 14.4 Å². The molecule has 4 heterocycles. The molecule has 210 valence electrons. The number of rotatable bonds is 7. The second-order valence-electron chi connectivity index (χ2n) is 10.2. The Bertz CT molecular complexity index is 1640. The Morgan fingerprint density at radius 3 is 2.61 bits per heavy atom. The van der Waals surface area contributed by atoms with E-state index >= 15 is 0 Å². The second-order valence-corrected chi connectivity index (χ2v) is 11.2. The van der Waals surface area contributed by atoms with Crippen LogP contribution < -0.4 is 25.6 Å². The highest BCUT2D eigenvalue weighted by Gasteiger charge is 2.34. The van der Waals surface area contributed by atoms with Crippen LogP contribution in [0.4, 0.5) is 21.9 Å².